The average molecular weight is 257 g/mol. The van der Waals surface area contributed by atoms with Crippen LogP contribution in [0.5, 0.6) is 0 Å². The van der Waals surface area contributed by atoms with E-state index in [2.05, 4.69) is 56.6 Å². The van der Waals surface area contributed by atoms with Crippen LogP contribution in [0.25, 0.3) is 0 Å². The number of nitrogens with one attached hydrogen (secondary N) is 1. The van der Waals surface area contributed by atoms with Gasteiger partial charge < -0.3 is 5.32 Å². The van der Waals surface area contributed by atoms with Crippen molar-refractivity contribution in [1.82, 2.24) is 5.32 Å². The zero-order chi connectivity index (χ0) is 13.7. The van der Waals surface area contributed by atoms with Crippen molar-refractivity contribution >= 4 is 0 Å². The summed E-state index contributed by atoms with van der Waals surface area (Å²) in [5.74, 6) is 0.614. The van der Waals surface area contributed by atoms with Crippen LogP contribution in [0, 0.1) is 0 Å². The maximum atomic E-state index is 3.47. The second kappa shape index (κ2) is 6.91. The molecule has 0 aliphatic heterocycles. The summed E-state index contributed by atoms with van der Waals surface area (Å²) >= 11 is 0. The summed E-state index contributed by atoms with van der Waals surface area (Å²) in [7, 11) is 2.07. The van der Waals surface area contributed by atoms with Gasteiger partial charge in [-0.05, 0) is 56.2 Å². The van der Waals surface area contributed by atoms with Gasteiger partial charge in [-0.3, -0.25) is 0 Å². The van der Waals surface area contributed by atoms with Crippen LogP contribution in [-0.2, 0) is 0 Å². The van der Waals surface area contributed by atoms with E-state index >= 15 is 0 Å². The molecule has 1 N–H and O–H groups in total. The van der Waals surface area contributed by atoms with Crippen molar-refractivity contribution in [3.05, 3.63) is 47.0 Å². The monoisotopic (exact) mass is 257 g/mol. The van der Waals surface area contributed by atoms with Crippen LogP contribution in [0.3, 0.4) is 0 Å². The van der Waals surface area contributed by atoms with Crippen LogP contribution in [0.15, 0.2) is 35.9 Å². The zero-order valence-corrected chi connectivity index (χ0v) is 12.6. The lowest BCUT2D eigenvalue weighted by atomic mass is 9.91. The van der Waals surface area contributed by atoms with E-state index in [0.717, 1.165) is 6.42 Å². The van der Waals surface area contributed by atoms with Crippen molar-refractivity contribution in [3.8, 4) is 0 Å². The van der Waals surface area contributed by atoms with Gasteiger partial charge in [-0.1, -0.05) is 49.8 Å². The number of hydrogen-bond acceptors (Lipinski definition) is 1. The normalized spacial score (nSPS) is 17.4. The topological polar surface area (TPSA) is 12.0 Å². The average Bonchev–Trinajstić information content (AvgIpc) is 2.46. The molecule has 1 atom stereocenters. The maximum absolute atomic E-state index is 3.47. The van der Waals surface area contributed by atoms with Gasteiger partial charge in [-0.15, -0.1) is 0 Å². The summed E-state index contributed by atoms with van der Waals surface area (Å²) in [4.78, 5) is 0. The summed E-state index contributed by atoms with van der Waals surface area (Å²) in [6.45, 7) is 4.49. The van der Waals surface area contributed by atoms with Gasteiger partial charge in [-0.2, -0.15) is 0 Å². The number of benzene rings is 1. The molecule has 0 fully saturated rings. The quantitative estimate of drug-likeness (QED) is 0.735. The van der Waals surface area contributed by atoms with Crippen LogP contribution >= 0.6 is 0 Å². The van der Waals surface area contributed by atoms with E-state index < -0.39 is 0 Å². The Labute approximate surface area is 118 Å². The number of allylic oxidation sites excluding steroid dienone is 1. The standard InChI is InChI=1S/C18H27N/c1-14(2)16-9-11-17(12-10-16)18(19-3)13-15-7-5-4-6-8-15/h7,9-12,14,18-19H,4-6,8,13H2,1-3H3. The molecule has 0 spiro atoms. The highest BCUT2D eigenvalue weighted by atomic mass is 14.9. The Morgan fingerprint density at radius 1 is 1.05 bits per heavy atom. The lowest BCUT2D eigenvalue weighted by molar-refractivity contribution is 0.558. The van der Waals surface area contributed by atoms with Crippen molar-refractivity contribution in [2.75, 3.05) is 7.05 Å². The Kier molecular flexibility index (Phi) is 5.21. The third-order valence-electron chi connectivity index (χ3n) is 4.21. The van der Waals surface area contributed by atoms with Crippen LogP contribution < -0.4 is 5.32 Å². The van der Waals surface area contributed by atoms with Crippen molar-refractivity contribution in [1.29, 1.82) is 0 Å². The van der Waals surface area contributed by atoms with E-state index in [-0.39, 0.29) is 0 Å². The first-order valence-corrected chi connectivity index (χ1v) is 7.65. The van der Waals surface area contributed by atoms with Gasteiger partial charge >= 0.3 is 0 Å². The molecule has 1 unspecified atom stereocenters. The Bertz CT molecular complexity index is 414. The van der Waals surface area contributed by atoms with E-state index in [4.69, 9.17) is 0 Å². The summed E-state index contributed by atoms with van der Waals surface area (Å²) in [5, 5.41) is 3.47. The molecule has 1 aromatic rings. The summed E-state index contributed by atoms with van der Waals surface area (Å²) in [5.41, 5.74) is 4.48. The predicted molar refractivity (Wildman–Crippen MR) is 83.5 cm³/mol. The largest absolute Gasteiger partial charge is 0.313 e. The predicted octanol–water partition coefficient (Wildman–Crippen LogP) is 4.96. The molecule has 2 rings (SSSR count). The highest BCUT2D eigenvalue weighted by Gasteiger charge is 2.13. The van der Waals surface area contributed by atoms with Gasteiger partial charge in [0.15, 0.2) is 0 Å². The molecule has 1 nitrogen and oxygen atoms in total. The molecule has 1 aliphatic carbocycles. The molecule has 1 aromatic carbocycles. The van der Waals surface area contributed by atoms with Crippen LogP contribution in [0.2, 0.25) is 0 Å². The summed E-state index contributed by atoms with van der Waals surface area (Å²) < 4.78 is 0. The van der Waals surface area contributed by atoms with E-state index in [1.54, 1.807) is 5.57 Å². The molecule has 0 saturated heterocycles. The Morgan fingerprint density at radius 3 is 2.26 bits per heavy atom. The molecule has 104 valence electrons. The zero-order valence-electron chi connectivity index (χ0n) is 12.6. The van der Waals surface area contributed by atoms with Crippen molar-refractivity contribution in [2.45, 2.75) is 57.9 Å². The van der Waals surface area contributed by atoms with Crippen LogP contribution in [-0.4, -0.2) is 7.05 Å². The van der Waals surface area contributed by atoms with E-state index in [1.807, 2.05) is 0 Å². The third-order valence-corrected chi connectivity index (χ3v) is 4.21. The number of rotatable bonds is 5. The van der Waals surface area contributed by atoms with Gasteiger partial charge in [0, 0.05) is 6.04 Å². The van der Waals surface area contributed by atoms with E-state index in [0.29, 0.717) is 12.0 Å². The summed E-state index contributed by atoms with van der Waals surface area (Å²) in [6, 6.07) is 9.60. The molecular weight excluding hydrogens is 230 g/mol. The van der Waals surface area contributed by atoms with Gasteiger partial charge in [0.05, 0.1) is 0 Å². The highest BCUT2D eigenvalue weighted by molar-refractivity contribution is 5.28. The Hall–Kier alpha value is -1.08. The van der Waals surface area contributed by atoms with Gasteiger partial charge in [0.2, 0.25) is 0 Å². The first-order chi connectivity index (χ1) is 9.20. The van der Waals surface area contributed by atoms with E-state index in [9.17, 15) is 0 Å². The molecule has 1 aliphatic rings. The maximum Gasteiger partial charge on any atom is 0.0355 e. The fraction of sp³-hybridized carbons (Fsp3) is 0.556. The lowest BCUT2D eigenvalue weighted by Crippen LogP contribution is -2.17. The second-order valence-electron chi connectivity index (χ2n) is 5.97. The first kappa shape index (κ1) is 14.3. The molecule has 19 heavy (non-hydrogen) atoms. The fourth-order valence-corrected chi connectivity index (χ4v) is 2.85. The smallest absolute Gasteiger partial charge is 0.0355 e. The molecule has 0 amide bonds. The third kappa shape index (κ3) is 3.94. The minimum atomic E-state index is 0.463. The SMILES string of the molecule is CNC(CC1=CCCCC1)c1ccc(C(C)C)cc1. The van der Waals surface area contributed by atoms with Crippen molar-refractivity contribution in [2.24, 2.45) is 0 Å². The molecule has 0 heterocycles. The second-order valence-corrected chi connectivity index (χ2v) is 5.97. The Balaban J connectivity index is 2.06. The lowest BCUT2D eigenvalue weighted by Gasteiger charge is -2.21. The van der Waals surface area contributed by atoms with E-state index in [1.165, 1.54) is 36.8 Å². The first-order valence-electron chi connectivity index (χ1n) is 7.65. The minimum Gasteiger partial charge on any atom is -0.313 e. The molecule has 0 bridgehead atoms. The Morgan fingerprint density at radius 2 is 1.74 bits per heavy atom. The van der Waals surface area contributed by atoms with Crippen LogP contribution in [0.4, 0.5) is 0 Å². The molecule has 1 heteroatoms. The van der Waals surface area contributed by atoms with Crippen molar-refractivity contribution < 1.29 is 0 Å². The number of hydrogen-bond donors (Lipinski definition) is 1. The molecule has 0 radical (unpaired) electrons. The molecular formula is C18H27N. The summed E-state index contributed by atoms with van der Waals surface area (Å²) in [6.07, 6.45) is 8.93. The fourth-order valence-electron chi connectivity index (χ4n) is 2.85. The minimum absolute atomic E-state index is 0.463. The van der Waals surface area contributed by atoms with Gasteiger partial charge in [-0.25, -0.2) is 0 Å². The van der Waals surface area contributed by atoms with Crippen molar-refractivity contribution in [3.63, 3.8) is 0 Å². The molecule has 0 saturated carbocycles. The van der Waals surface area contributed by atoms with Gasteiger partial charge in [0.1, 0.15) is 0 Å². The van der Waals surface area contributed by atoms with Crippen LogP contribution in [0.1, 0.15) is 69.0 Å². The van der Waals surface area contributed by atoms with Gasteiger partial charge in [0.25, 0.3) is 0 Å². The highest BCUT2D eigenvalue weighted by Crippen LogP contribution is 2.28. The molecule has 0 aromatic heterocycles.